The maximum absolute atomic E-state index is 11.8. The van der Waals surface area contributed by atoms with E-state index in [1.807, 2.05) is 30.3 Å². The summed E-state index contributed by atoms with van der Waals surface area (Å²) < 4.78 is 11.0. The molecule has 8 heteroatoms. The number of pyridine rings is 1. The summed E-state index contributed by atoms with van der Waals surface area (Å²) in [6, 6.07) is 11.8. The van der Waals surface area contributed by atoms with Crippen molar-refractivity contribution in [2.75, 3.05) is 37.7 Å². The summed E-state index contributed by atoms with van der Waals surface area (Å²) in [5, 5.41) is 8.56. The van der Waals surface area contributed by atoms with E-state index >= 15 is 0 Å². The second kappa shape index (κ2) is 9.91. The van der Waals surface area contributed by atoms with Crippen LogP contribution in [0.5, 0.6) is 0 Å². The van der Waals surface area contributed by atoms with Crippen LogP contribution in [-0.2, 0) is 4.74 Å². The van der Waals surface area contributed by atoms with E-state index in [9.17, 15) is 4.79 Å². The first-order valence-electron chi connectivity index (χ1n) is 11.1. The van der Waals surface area contributed by atoms with Crippen LogP contribution in [0.2, 0.25) is 0 Å². The summed E-state index contributed by atoms with van der Waals surface area (Å²) in [5.41, 5.74) is 2.60. The van der Waals surface area contributed by atoms with Gasteiger partial charge in [-0.15, -0.1) is 10.2 Å². The molecule has 0 saturated carbocycles. The van der Waals surface area contributed by atoms with Crippen molar-refractivity contribution in [3.8, 4) is 11.5 Å². The molecule has 3 aromatic rings. The van der Waals surface area contributed by atoms with Gasteiger partial charge in [0.05, 0.1) is 18.2 Å². The smallest absolute Gasteiger partial charge is 0.339 e. The maximum atomic E-state index is 11.8. The molecular formula is C24H29N5O3. The Labute approximate surface area is 188 Å². The molecule has 2 aromatic heterocycles. The number of ether oxygens (including phenoxy) is 1. The lowest BCUT2D eigenvalue weighted by Crippen LogP contribution is -2.33. The Hall–Kier alpha value is -3.26. The molecule has 3 heterocycles. The van der Waals surface area contributed by atoms with E-state index in [4.69, 9.17) is 9.15 Å². The molecule has 1 aliphatic heterocycles. The number of aryl methyl sites for hydroxylation is 1. The molecule has 1 atom stereocenters. The van der Waals surface area contributed by atoms with Gasteiger partial charge in [-0.25, -0.2) is 9.78 Å². The number of nitrogens with zero attached hydrogens (tertiary/aromatic N) is 5. The van der Waals surface area contributed by atoms with Crippen molar-refractivity contribution in [3.05, 3.63) is 59.6 Å². The lowest BCUT2D eigenvalue weighted by Gasteiger charge is -2.25. The third-order valence-electron chi connectivity index (χ3n) is 5.76. The van der Waals surface area contributed by atoms with Crippen LogP contribution in [0.15, 0.2) is 47.0 Å². The summed E-state index contributed by atoms with van der Waals surface area (Å²) in [6.07, 6.45) is 2.58. The van der Waals surface area contributed by atoms with E-state index in [0.29, 0.717) is 24.0 Å². The Kier molecular flexibility index (Phi) is 6.80. The first kappa shape index (κ1) is 22.0. The third-order valence-corrected chi connectivity index (χ3v) is 5.76. The van der Waals surface area contributed by atoms with Crippen molar-refractivity contribution >= 4 is 11.8 Å². The summed E-state index contributed by atoms with van der Waals surface area (Å²) in [4.78, 5) is 20.9. The zero-order valence-electron chi connectivity index (χ0n) is 18.8. The van der Waals surface area contributed by atoms with Gasteiger partial charge in [-0.3, -0.25) is 4.90 Å². The first-order chi connectivity index (χ1) is 15.5. The average Bonchev–Trinajstić information content (AvgIpc) is 3.17. The van der Waals surface area contributed by atoms with E-state index in [2.05, 4.69) is 38.8 Å². The second-order valence-corrected chi connectivity index (χ2v) is 7.99. The minimum absolute atomic E-state index is 0.0285. The van der Waals surface area contributed by atoms with Crippen molar-refractivity contribution in [2.24, 2.45) is 0 Å². The molecule has 0 N–H and O–H groups in total. The predicted molar refractivity (Wildman–Crippen MR) is 121 cm³/mol. The number of hydrogen-bond donors (Lipinski definition) is 0. The Bertz CT molecular complexity index is 1030. The van der Waals surface area contributed by atoms with E-state index in [0.717, 1.165) is 44.0 Å². The molecule has 8 nitrogen and oxygen atoms in total. The molecule has 1 saturated heterocycles. The quantitative estimate of drug-likeness (QED) is 0.539. The molecule has 0 radical (unpaired) electrons. The second-order valence-electron chi connectivity index (χ2n) is 7.99. The van der Waals surface area contributed by atoms with Gasteiger partial charge in [-0.1, -0.05) is 17.7 Å². The van der Waals surface area contributed by atoms with Gasteiger partial charge in [0.25, 0.3) is 0 Å². The number of aromatic nitrogens is 3. The van der Waals surface area contributed by atoms with Crippen LogP contribution in [0.25, 0.3) is 11.5 Å². The Morgan fingerprint density at radius 3 is 2.62 bits per heavy atom. The third kappa shape index (κ3) is 4.96. The fraction of sp³-hybridized carbons (Fsp3) is 0.417. The number of hydrogen-bond acceptors (Lipinski definition) is 8. The van der Waals surface area contributed by atoms with Crippen LogP contribution < -0.4 is 4.90 Å². The Morgan fingerprint density at radius 2 is 1.91 bits per heavy atom. The van der Waals surface area contributed by atoms with Gasteiger partial charge in [-0.2, -0.15) is 0 Å². The van der Waals surface area contributed by atoms with E-state index < -0.39 is 0 Å². The van der Waals surface area contributed by atoms with Gasteiger partial charge in [0, 0.05) is 37.9 Å². The van der Waals surface area contributed by atoms with Crippen molar-refractivity contribution < 1.29 is 13.9 Å². The van der Waals surface area contributed by atoms with E-state index in [1.165, 1.54) is 5.56 Å². The van der Waals surface area contributed by atoms with Gasteiger partial charge >= 0.3 is 5.97 Å². The fourth-order valence-corrected chi connectivity index (χ4v) is 3.83. The number of carbonyl (C=O) groups excluding carboxylic acids is 1. The number of benzene rings is 1. The van der Waals surface area contributed by atoms with Gasteiger partial charge in [0.1, 0.15) is 5.82 Å². The van der Waals surface area contributed by atoms with E-state index in [-0.39, 0.29) is 12.0 Å². The van der Waals surface area contributed by atoms with Gasteiger partial charge < -0.3 is 14.1 Å². The van der Waals surface area contributed by atoms with Gasteiger partial charge in [-0.05, 0) is 51.5 Å². The molecule has 1 aliphatic rings. The maximum Gasteiger partial charge on any atom is 0.339 e. The lowest BCUT2D eigenvalue weighted by molar-refractivity contribution is 0.0526. The molecule has 1 unspecified atom stereocenters. The van der Waals surface area contributed by atoms with Crippen LogP contribution in [0, 0.1) is 6.92 Å². The highest BCUT2D eigenvalue weighted by molar-refractivity contribution is 5.89. The predicted octanol–water partition coefficient (Wildman–Crippen LogP) is 3.89. The SMILES string of the molecule is CCOC(=O)c1ccc(N2CCCN(C(C)c3nnc(-c4ccc(C)cc4)o3)CC2)nc1. The molecule has 0 bridgehead atoms. The number of carbonyl (C=O) groups is 1. The zero-order chi connectivity index (χ0) is 22.5. The molecule has 0 amide bonds. The summed E-state index contributed by atoms with van der Waals surface area (Å²) in [6.45, 7) is 9.81. The molecule has 4 rings (SSSR count). The van der Waals surface area contributed by atoms with Crippen LogP contribution in [-0.4, -0.2) is 58.8 Å². The van der Waals surface area contributed by atoms with Crippen LogP contribution in [0.1, 0.15) is 48.1 Å². The number of esters is 1. The highest BCUT2D eigenvalue weighted by Gasteiger charge is 2.25. The lowest BCUT2D eigenvalue weighted by atomic mass is 10.1. The van der Waals surface area contributed by atoms with Crippen molar-refractivity contribution in [1.82, 2.24) is 20.1 Å². The topological polar surface area (TPSA) is 84.6 Å². The van der Waals surface area contributed by atoms with E-state index in [1.54, 1.807) is 19.2 Å². The monoisotopic (exact) mass is 435 g/mol. The highest BCUT2D eigenvalue weighted by atomic mass is 16.5. The van der Waals surface area contributed by atoms with Crippen molar-refractivity contribution in [2.45, 2.75) is 33.2 Å². The molecular weight excluding hydrogens is 406 g/mol. The van der Waals surface area contributed by atoms with Crippen LogP contribution in [0.3, 0.4) is 0 Å². The van der Waals surface area contributed by atoms with Gasteiger partial charge in [0.2, 0.25) is 11.8 Å². The first-order valence-corrected chi connectivity index (χ1v) is 11.1. The summed E-state index contributed by atoms with van der Waals surface area (Å²) in [5.74, 6) is 1.71. The molecule has 0 aliphatic carbocycles. The zero-order valence-corrected chi connectivity index (χ0v) is 18.8. The summed E-state index contributed by atoms with van der Waals surface area (Å²) in [7, 11) is 0. The summed E-state index contributed by atoms with van der Waals surface area (Å²) >= 11 is 0. The van der Waals surface area contributed by atoms with Crippen molar-refractivity contribution in [3.63, 3.8) is 0 Å². The largest absolute Gasteiger partial charge is 0.462 e. The van der Waals surface area contributed by atoms with Gasteiger partial charge in [0.15, 0.2) is 0 Å². The fourth-order valence-electron chi connectivity index (χ4n) is 3.83. The van der Waals surface area contributed by atoms with Crippen LogP contribution in [0.4, 0.5) is 5.82 Å². The molecule has 1 fully saturated rings. The number of anilines is 1. The highest BCUT2D eigenvalue weighted by Crippen LogP contribution is 2.25. The van der Waals surface area contributed by atoms with Crippen LogP contribution >= 0.6 is 0 Å². The molecule has 0 spiro atoms. The minimum atomic E-state index is -0.341. The minimum Gasteiger partial charge on any atom is -0.462 e. The number of rotatable bonds is 6. The molecule has 32 heavy (non-hydrogen) atoms. The molecule has 1 aromatic carbocycles. The Morgan fingerprint density at radius 1 is 1.09 bits per heavy atom. The van der Waals surface area contributed by atoms with Crippen molar-refractivity contribution in [1.29, 1.82) is 0 Å². The standard InChI is InChI=1S/C24H29N5O3/c1-4-31-24(30)20-10-11-21(25-16-20)29-13-5-12-28(14-15-29)18(3)22-26-27-23(32-22)19-8-6-17(2)7-9-19/h6-11,16,18H,4-5,12-15H2,1-3H3. The molecule has 168 valence electrons. The Balaban J connectivity index is 1.39. The normalized spacial score (nSPS) is 15.9. The average molecular weight is 436 g/mol.